The summed E-state index contributed by atoms with van der Waals surface area (Å²) < 4.78 is 28.7. The van der Waals surface area contributed by atoms with Gasteiger partial charge in [0, 0.05) is 5.33 Å². The fraction of sp³-hybridized carbons (Fsp3) is 0.455. The minimum Gasteiger partial charge on any atom is -0.435 e. The zero-order valence-electron chi connectivity index (χ0n) is 8.47. The van der Waals surface area contributed by atoms with Crippen LogP contribution in [0.4, 0.5) is 8.78 Å². The van der Waals surface area contributed by atoms with Gasteiger partial charge in [0.15, 0.2) is 0 Å². The molecule has 0 N–H and O–H groups in total. The van der Waals surface area contributed by atoms with Gasteiger partial charge in [0.05, 0.1) is 0 Å². The molecule has 0 aliphatic rings. The second-order valence-electron chi connectivity index (χ2n) is 3.28. The Morgan fingerprint density at radius 1 is 1.40 bits per heavy atom. The second-order valence-corrected chi connectivity index (χ2v) is 4.08. The summed E-state index contributed by atoms with van der Waals surface area (Å²) in [7, 11) is 0. The molecule has 0 aliphatic carbocycles. The summed E-state index contributed by atoms with van der Waals surface area (Å²) in [6.45, 7) is -0.901. The van der Waals surface area contributed by atoms with Crippen molar-refractivity contribution in [3.05, 3.63) is 29.3 Å². The maximum absolute atomic E-state index is 12.1. The van der Waals surface area contributed by atoms with Crippen LogP contribution < -0.4 is 4.74 Å². The number of benzene rings is 1. The van der Waals surface area contributed by atoms with Gasteiger partial charge in [-0.2, -0.15) is 8.78 Å². The number of hydrogen-bond acceptors (Lipinski definition) is 1. The third-order valence-corrected chi connectivity index (χ3v) is 2.58. The molecule has 0 atom stereocenters. The SMILES string of the molecule is Cc1ccc(CCCBr)c(OC(F)F)c1. The first kappa shape index (κ1) is 12.4. The highest BCUT2D eigenvalue weighted by Crippen LogP contribution is 2.23. The van der Waals surface area contributed by atoms with Crippen LogP contribution in [0.25, 0.3) is 0 Å². The van der Waals surface area contributed by atoms with Gasteiger partial charge in [-0.3, -0.25) is 0 Å². The average Bonchev–Trinajstić information content (AvgIpc) is 2.16. The molecule has 84 valence electrons. The van der Waals surface area contributed by atoms with Crippen LogP contribution in [0, 0.1) is 6.92 Å². The summed E-state index contributed by atoms with van der Waals surface area (Å²) in [5.41, 5.74) is 1.76. The van der Waals surface area contributed by atoms with E-state index in [9.17, 15) is 8.78 Å². The zero-order valence-corrected chi connectivity index (χ0v) is 10.1. The fourth-order valence-corrected chi connectivity index (χ4v) is 1.61. The van der Waals surface area contributed by atoms with Crippen LogP contribution in [0.2, 0.25) is 0 Å². The molecule has 0 amide bonds. The molecule has 0 heterocycles. The number of rotatable bonds is 5. The van der Waals surface area contributed by atoms with E-state index in [0.717, 1.165) is 29.3 Å². The van der Waals surface area contributed by atoms with Crippen molar-refractivity contribution in [2.24, 2.45) is 0 Å². The fourth-order valence-electron chi connectivity index (χ4n) is 1.33. The summed E-state index contributed by atoms with van der Waals surface area (Å²) in [5, 5.41) is 0.856. The van der Waals surface area contributed by atoms with Crippen molar-refractivity contribution < 1.29 is 13.5 Å². The Morgan fingerprint density at radius 3 is 2.73 bits per heavy atom. The van der Waals surface area contributed by atoms with Crippen molar-refractivity contribution in [3.63, 3.8) is 0 Å². The van der Waals surface area contributed by atoms with Gasteiger partial charge in [-0.1, -0.05) is 28.1 Å². The Labute approximate surface area is 96.6 Å². The van der Waals surface area contributed by atoms with Crippen molar-refractivity contribution in [2.45, 2.75) is 26.4 Å². The molecular weight excluding hydrogens is 266 g/mol. The van der Waals surface area contributed by atoms with E-state index in [1.807, 2.05) is 19.1 Å². The second kappa shape index (κ2) is 6.05. The lowest BCUT2D eigenvalue weighted by Gasteiger charge is -2.10. The molecule has 0 saturated heterocycles. The van der Waals surface area contributed by atoms with Crippen molar-refractivity contribution in [2.75, 3.05) is 5.33 Å². The monoisotopic (exact) mass is 278 g/mol. The van der Waals surface area contributed by atoms with Crippen molar-refractivity contribution in [3.8, 4) is 5.75 Å². The van der Waals surface area contributed by atoms with Crippen LogP contribution in [-0.2, 0) is 6.42 Å². The Bertz CT molecular complexity index is 315. The minimum atomic E-state index is -2.76. The molecule has 0 radical (unpaired) electrons. The van der Waals surface area contributed by atoms with Gasteiger partial charge >= 0.3 is 6.61 Å². The van der Waals surface area contributed by atoms with E-state index in [0.29, 0.717) is 5.75 Å². The molecule has 0 aliphatic heterocycles. The van der Waals surface area contributed by atoms with Crippen LogP contribution in [0.5, 0.6) is 5.75 Å². The molecule has 15 heavy (non-hydrogen) atoms. The van der Waals surface area contributed by atoms with E-state index in [1.54, 1.807) is 6.07 Å². The van der Waals surface area contributed by atoms with Crippen molar-refractivity contribution >= 4 is 15.9 Å². The normalized spacial score (nSPS) is 10.7. The van der Waals surface area contributed by atoms with Gasteiger partial charge in [-0.05, 0) is 37.0 Å². The summed E-state index contributed by atoms with van der Waals surface area (Å²) in [5.74, 6) is 0.297. The van der Waals surface area contributed by atoms with Gasteiger partial charge in [0.2, 0.25) is 0 Å². The van der Waals surface area contributed by atoms with Crippen LogP contribution in [0.3, 0.4) is 0 Å². The topological polar surface area (TPSA) is 9.23 Å². The van der Waals surface area contributed by atoms with Crippen molar-refractivity contribution in [1.82, 2.24) is 0 Å². The maximum atomic E-state index is 12.1. The zero-order chi connectivity index (χ0) is 11.3. The van der Waals surface area contributed by atoms with Crippen LogP contribution >= 0.6 is 15.9 Å². The smallest absolute Gasteiger partial charge is 0.387 e. The molecule has 0 fully saturated rings. The molecule has 0 bridgehead atoms. The lowest BCUT2D eigenvalue weighted by molar-refractivity contribution is -0.0504. The van der Waals surface area contributed by atoms with Crippen LogP contribution in [0.15, 0.2) is 18.2 Å². The largest absolute Gasteiger partial charge is 0.435 e. The number of halogens is 3. The molecule has 1 nitrogen and oxygen atoms in total. The molecular formula is C11H13BrF2O. The first-order valence-corrected chi connectivity index (χ1v) is 5.86. The maximum Gasteiger partial charge on any atom is 0.387 e. The van der Waals surface area contributed by atoms with Gasteiger partial charge in [-0.15, -0.1) is 0 Å². The highest BCUT2D eigenvalue weighted by atomic mass is 79.9. The first-order valence-electron chi connectivity index (χ1n) is 4.74. The van der Waals surface area contributed by atoms with E-state index in [4.69, 9.17) is 0 Å². The predicted octanol–water partition coefficient (Wildman–Crippen LogP) is 3.92. The predicted molar refractivity (Wildman–Crippen MR) is 59.9 cm³/mol. The summed E-state index contributed by atoms with van der Waals surface area (Å²) in [6, 6.07) is 5.40. The van der Waals surface area contributed by atoms with E-state index in [-0.39, 0.29) is 0 Å². The molecule has 0 aromatic heterocycles. The van der Waals surface area contributed by atoms with E-state index in [2.05, 4.69) is 20.7 Å². The third-order valence-electron chi connectivity index (χ3n) is 2.02. The van der Waals surface area contributed by atoms with Gasteiger partial charge in [0.1, 0.15) is 5.75 Å². The molecule has 1 aromatic rings. The molecule has 0 spiro atoms. The van der Waals surface area contributed by atoms with E-state index >= 15 is 0 Å². The molecule has 1 rings (SSSR count). The Hall–Kier alpha value is -0.640. The van der Waals surface area contributed by atoms with E-state index in [1.165, 1.54) is 0 Å². The van der Waals surface area contributed by atoms with Gasteiger partial charge < -0.3 is 4.74 Å². The molecule has 4 heteroatoms. The lowest BCUT2D eigenvalue weighted by atomic mass is 10.1. The molecule has 0 saturated carbocycles. The highest BCUT2D eigenvalue weighted by Gasteiger charge is 2.09. The van der Waals surface area contributed by atoms with Crippen molar-refractivity contribution in [1.29, 1.82) is 0 Å². The first-order chi connectivity index (χ1) is 7.13. The summed E-state index contributed by atoms with van der Waals surface area (Å²) >= 11 is 3.31. The Morgan fingerprint density at radius 2 is 2.13 bits per heavy atom. The van der Waals surface area contributed by atoms with Crippen LogP contribution in [-0.4, -0.2) is 11.9 Å². The number of hydrogen-bond donors (Lipinski definition) is 0. The molecule has 1 aromatic carbocycles. The standard InChI is InChI=1S/C11H13BrF2O/c1-8-4-5-9(3-2-6-12)10(7-8)15-11(13)14/h4-5,7,11H,2-3,6H2,1H3. The van der Waals surface area contributed by atoms with Gasteiger partial charge in [0.25, 0.3) is 0 Å². The summed E-state index contributed by atoms with van der Waals surface area (Å²) in [6.07, 6.45) is 1.65. The Balaban J connectivity index is 2.82. The number of alkyl halides is 3. The quantitative estimate of drug-likeness (QED) is 0.742. The average molecular weight is 279 g/mol. The van der Waals surface area contributed by atoms with Crippen LogP contribution in [0.1, 0.15) is 17.5 Å². The Kier molecular flexibility index (Phi) is 5.02. The lowest BCUT2D eigenvalue weighted by Crippen LogP contribution is -2.05. The third kappa shape index (κ3) is 4.16. The van der Waals surface area contributed by atoms with Gasteiger partial charge in [-0.25, -0.2) is 0 Å². The molecule has 0 unspecified atom stereocenters. The number of ether oxygens (including phenoxy) is 1. The minimum absolute atomic E-state index is 0.297. The van der Waals surface area contributed by atoms with E-state index < -0.39 is 6.61 Å². The number of aryl methyl sites for hydroxylation is 2. The highest BCUT2D eigenvalue weighted by molar-refractivity contribution is 9.09. The summed E-state index contributed by atoms with van der Waals surface area (Å²) in [4.78, 5) is 0.